The predicted octanol–water partition coefficient (Wildman–Crippen LogP) is -1.40. The van der Waals surface area contributed by atoms with Gasteiger partial charge in [0.05, 0.1) is 25.7 Å². The number of nitrogens with two attached hydrogens (primary N) is 3. The van der Waals surface area contributed by atoms with Crippen LogP contribution < -0.4 is 86.3 Å². The molecule has 13 atom stereocenters. The standard InChI is InChI=1S/C87H109N19O19S/c1-47(2)73(84(122)97-62(86(124)125)24-15-34-92-87(90)91)105-82(120)68(41-54-45-94-60-23-14-12-21-58(54)60)101-76(114)64(38-51-25-29-55(109)30-26-51)98-75(113)61(33-35-126-4)96-79(117)67(40-53-44-93-59-22-13-11-20-57(53)59)100-77(115)65(39-52-27-31-56(110)32-28-52)99-83(121)70(46-107)104-80(118)69(42-71(89)111)102-78(116)66(37-50-18-9-6-10-19-50)103-85(123)74(48(3)108)106-81(119)63(95-72(112)43-88)36-49-16-7-5-8-17-49/h5-14,16-23,25-32,44-45,47-48,61-70,73-74,93-94,107-110H,15,24,33-43,46,88H2,1-4H3,(H2,89,111)(H,95,112)(H,96,117)(H,97,122)(H,98,113)(H,99,121)(H,100,115)(H,101,114)(H,102,116)(H,103,123)(H,104,118)(H,105,120)(H,106,119)(H,124,125)(H4,90,91,92)/t48-,61+,62+,63+,64+,65+,66+,67+,68+,69+,70+,73+,74+/m1/s1. The van der Waals surface area contributed by atoms with E-state index in [0.29, 0.717) is 55.2 Å². The molecule has 2 heterocycles. The summed E-state index contributed by atoms with van der Waals surface area (Å²) < 4.78 is 0. The summed E-state index contributed by atoms with van der Waals surface area (Å²) in [4.78, 5) is 206. The number of para-hydroxylation sites is 2. The van der Waals surface area contributed by atoms with Crippen molar-refractivity contribution in [3.63, 3.8) is 0 Å². The number of aliphatic carboxylic acids is 1. The van der Waals surface area contributed by atoms with Gasteiger partial charge in [0.1, 0.15) is 84.0 Å². The molecule has 0 fully saturated rings. The Balaban J connectivity index is 1.05. The van der Waals surface area contributed by atoms with Gasteiger partial charge >= 0.3 is 5.97 Å². The number of benzene rings is 6. The Kier molecular flexibility index (Phi) is 37.3. The van der Waals surface area contributed by atoms with Crippen LogP contribution in [0.25, 0.3) is 21.8 Å². The lowest BCUT2D eigenvalue weighted by molar-refractivity contribution is -0.143. The van der Waals surface area contributed by atoms with E-state index in [4.69, 9.17) is 22.6 Å². The van der Waals surface area contributed by atoms with Gasteiger partial charge in [-0.1, -0.05) is 135 Å². The second-order valence-corrected chi connectivity index (χ2v) is 31.5. The number of carboxylic acids is 1. The summed E-state index contributed by atoms with van der Waals surface area (Å²) in [5.74, 6) is -15.8. The molecular weight excluding hydrogens is 1650 g/mol. The molecule has 0 aliphatic rings. The number of amides is 13. The lowest BCUT2D eigenvalue weighted by atomic mass is 9.99. The first kappa shape index (κ1) is 97.5. The summed E-state index contributed by atoms with van der Waals surface area (Å²) >= 11 is 1.29. The van der Waals surface area contributed by atoms with Gasteiger partial charge in [-0.15, -0.1) is 0 Å². The van der Waals surface area contributed by atoms with Crippen LogP contribution in [0.5, 0.6) is 11.5 Å². The fraction of sp³-hybridized carbons (Fsp3) is 0.368. The maximum absolute atomic E-state index is 15.4. The lowest BCUT2D eigenvalue weighted by Crippen LogP contribution is -2.62. The molecule has 0 aliphatic carbocycles. The van der Waals surface area contributed by atoms with Gasteiger partial charge in [-0.25, -0.2) is 4.79 Å². The van der Waals surface area contributed by atoms with Crippen LogP contribution in [-0.2, 0) is 106 Å². The van der Waals surface area contributed by atoms with Gasteiger partial charge < -0.3 is 122 Å². The molecular formula is C87H109N19O19S. The second kappa shape index (κ2) is 48.2. The van der Waals surface area contributed by atoms with Crippen LogP contribution in [0, 0.1) is 11.3 Å². The number of thioether (sulfide) groups is 1. The molecule has 0 unspecified atom stereocenters. The molecule has 2 aromatic heterocycles. The Morgan fingerprint density at radius 1 is 0.413 bits per heavy atom. The molecule has 0 spiro atoms. The fourth-order valence-electron chi connectivity index (χ4n) is 13.8. The zero-order valence-corrected chi connectivity index (χ0v) is 70.6. The Bertz CT molecular complexity index is 5100. The lowest BCUT2D eigenvalue weighted by Gasteiger charge is -2.29. The highest BCUT2D eigenvalue weighted by molar-refractivity contribution is 7.98. The van der Waals surface area contributed by atoms with Crippen LogP contribution in [0.1, 0.15) is 79.8 Å². The number of rotatable bonds is 49. The molecule has 0 radical (unpaired) electrons. The third kappa shape index (κ3) is 30.0. The minimum Gasteiger partial charge on any atom is -0.508 e. The quantitative estimate of drug-likeness (QED) is 0.0118. The Morgan fingerprint density at radius 2 is 0.762 bits per heavy atom. The number of hydrogen-bond acceptors (Lipinski definition) is 21. The predicted molar refractivity (Wildman–Crippen MR) is 467 cm³/mol. The van der Waals surface area contributed by atoms with Gasteiger partial charge in [0.25, 0.3) is 0 Å². The second-order valence-electron chi connectivity index (χ2n) is 30.5. The number of guanidine groups is 1. The van der Waals surface area contributed by atoms with Crippen LogP contribution in [0.4, 0.5) is 0 Å². The zero-order valence-electron chi connectivity index (χ0n) is 69.7. The SMILES string of the molecule is CSCC[C@H](NC(=O)[C@H](Cc1c[nH]c2ccccc12)NC(=O)[C@H](Cc1ccc(O)cc1)NC(=O)[C@H](CO)NC(=O)[C@H](CC(N)=O)NC(=O)[C@H](Cc1ccccc1)NC(=O)[C@@H](NC(=O)[C@H](Cc1ccccc1)NC(=O)CN)[C@@H](C)O)C(=O)N[C@@H](Cc1ccc(O)cc1)C(=O)N[C@@H](Cc1c[nH]c2ccccc12)C(=O)N[C@H](C(=O)N[C@@H](CCCNC(=N)N)C(=O)O)C(C)C. The van der Waals surface area contributed by atoms with Gasteiger partial charge in [-0.3, -0.25) is 67.7 Å². The van der Waals surface area contributed by atoms with E-state index in [0.717, 1.165) is 0 Å². The third-order valence-electron chi connectivity index (χ3n) is 20.5. The van der Waals surface area contributed by atoms with Crippen LogP contribution in [-0.4, -0.2) is 235 Å². The largest absolute Gasteiger partial charge is 0.508 e. The molecule has 0 bridgehead atoms. The minimum atomic E-state index is -2.02. The van der Waals surface area contributed by atoms with Crippen molar-refractivity contribution in [1.29, 1.82) is 5.41 Å². The normalized spacial score (nSPS) is 14.3. The summed E-state index contributed by atoms with van der Waals surface area (Å²) in [5, 5.41) is 94.9. The van der Waals surface area contributed by atoms with Crippen molar-refractivity contribution in [3.05, 3.63) is 203 Å². The molecule has 0 saturated carbocycles. The number of aromatic amines is 2. The van der Waals surface area contributed by atoms with Crippen molar-refractivity contribution in [2.75, 3.05) is 31.7 Å². The van der Waals surface area contributed by atoms with E-state index in [1.165, 1.54) is 67.2 Å². The number of nitrogens with one attached hydrogen (secondary N) is 16. The van der Waals surface area contributed by atoms with E-state index in [1.54, 1.807) is 142 Å². The molecule has 0 aliphatic heterocycles. The highest BCUT2D eigenvalue weighted by Gasteiger charge is 2.40. The fourth-order valence-corrected chi connectivity index (χ4v) is 14.2. The summed E-state index contributed by atoms with van der Waals surface area (Å²) in [6.45, 7) is 2.81. The molecule has 13 amide bonds. The summed E-state index contributed by atoms with van der Waals surface area (Å²) in [6, 6.07) is 22.1. The van der Waals surface area contributed by atoms with Crippen LogP contribution in [0.15, 0.2) is 170 Å². The number of carbonyl (C=O) groups is 14. The number of aromatic nitrogens is 2. The highest BCUT2D eigenvalue weighted by Crippen LogP contribution is 2.24. The zero-order chi connectivity index (χ0) is 91.7. The molecule has 126 heavy (non-hydrogen) atoms. The summed E-state index contributed by atoms with van der Waals surface area (Å²) in [7, 11) is 0. The number of carbonyl (C=O) groups excluding carboxylic acids is 13. The van der Waals surface area contributed by atoms with Crippen molar-refractivity contribution in [2.45, 2.75) is 164 Å². The van der Waals surface area contributed by atoms with E-state index < -0.39 is 193 Å². The van der Waals surface area contributed by atoms with Gasteiger partial charge in [-0.2, -0.15) is 11.8 Å². The molecule has 38 nitrogen and oxygen atoms in total. The number of aliphatic hydroxyl groups is 2. The van der Waals surface area contributed by atoms with Crippen molar-refractivity contribution in [3.8, 4) is 11.5 Å². The monoisotopic (exact) mass is 1760 g/mol. The Morgan fingerprint density at radius 3 is 1.17 bits per heavy atom. The van der Waals surface area contributed by atoms with E-state index in [9.17, 15) is 73.5 Å². The number of hydrogen-bond donors (Lipinski definition) is 24. The number of primary amides is 1. The molecule has 27 N–H and O–H groups in total. The first-order valence-corrected chi connectivity index (χ1v) is 42.0. The number of fused-ring (bicyclic) bond motifs is 2. The van der Waals surface area contributed by atoms with Crippen molar-refractivity contribution in [1.82, 2.24) is 79.1 Å². The maximum Gasteiger partial charge on any atom is 0.326 e. The van der Waals surface area contributed by atoms with Crippen molar-refractivity contribution < 1.29 is 92.7 Å². The van der Waals surface area contributed by atoms with E-state index in [2.05, 4.69) is 79.1 Å². The van der Waals surface area contributed by atoms with Crippen LogP contribution >= 0.6 is 11.8 Å². The van der Waals surface area contributed by atoms with Gasteiger partial charge in [0, 0.05) is 79.3 Å². The van der Waals surface area contributed by atoms with Crippen LogP contribution in [0.2, 0.25) is 0 Å². The van der Waals surface area contributed by atoms with Gasteiger partial charge in [0.15, 0.2) is 5.96 Å². The number of aromatic hydroxyl groups is 2. The molecule has 39 heteroatoms. The maximum atomic E-state index is 15.4. The molecule has 672 valence electrons. The summed E-state index contributed by atoms with van der Waals surface area (Å²) in [6.07, 6.45) is 0.671. The average molecular weight is 1760 g/mol. The van der Waals surface area contributed by atoms with Crippen LogP contribution in [0.3, 0.4) is 0 Å². The molecule has 0 saturated heterocycles. The van der Waals surface area contributed by atoms with Crippen molar-refractivity contribution >= 4 is 122 Å². The van der Waals surface area contributed by atoms with Crippen molar-refractivity contribution in [2.24, 2.45) is 23.1 Å². The van der Waals surface area contributed by atoms with E-state index in [-0.39, 0.29) is 81.1 Å². The first-order chi connectivity index (χ1) is 60.2. The summed E-state index contributed by atoms with van der Waals surface area (Å²) in [5.41, 5.74) is 20.6. The smallest absolute Gasteiger partial charge is 0.326 e. The Labute approximate surface area is 729 Å². The molecule has 8 rings (SSSR count). The van der Waals surface area contributed by atoms with Gasteiger partial charge in [-0.05, 0) is 114 Å². The number of phenols is 2. The number of H-pyrrole nitrogens is 2. The topological polar surface area (TPSA) is 630 Å². The average Bonchev–Trinajstić information content (AvgIpc) is 1.59. The Hall–Kier alpha value is -13.9. The molecule has 6 aromatic carbocycles. The third-order valence-corrected chi connectivity index (χ3v) is 21.2. The minimum absolute atomic E-state index is 0.0721. The van der Waals surface area contributed by atoms with E-state index >= 15 is 19.2 Å². The van der Waals surface area contributed by atoms with E-state index in [1.807, 2.05) is 0 Å². The number of phenolic OH excluding ortho intramolecular Hbond substituents is 2. The number of carboxylic acid groups (broad SMARTS) is 1. The number of aliphatic hydroxyl groups excluding tert-OH is 2. The molecule has 8 aromatic rings. The van der Waals surface area contributed by atoms with Gasteiger partial charge in [0.2, 0.25) is 76.8 Å². The highest BCUT2D eigenvalue weighted by atomic mass is 32.2. The first-order valence-electron chi connectivity index (χ1n) is 40.7.